The zero-order valence-electron chi connectivity index (χ0n) is 27.7. The molecule has 0 heterocycles. The van der Waals surface area contributed by atoms with E-state index in [4.69, 9.17) is 5.73 Å². The number of nitrogens with two attached hydrogens (primary N) is 1. The van der Waals surface area contributed by atoms with Gasteiger partial charge >= 0.3 is 0 Å². The first-order chi connectivity index (χ1) is 21.6. The molecule has 0 aliphatic heterocycles. The zero-order chi connectivity index (χ0) is 34.0. The number of hydrogen-bond acceptors (Lipinski definition) is 5. The topological polar surface area (TPSA) is 116 Å². The van der Waals surface area contributed by atoms with Gasteiger partial charge in [0.05, 0.1) is 6.10 Å². The first-order valence-corrected chi connectivity index (χ1v) is 15.5. The number of benzene rings is 3. The van der Waals surface area contributed by atoms with E-state index in [0.29, 0.717) is 12.0 Å². The summed E-state index contributed by atoms with van der Waals surface area (Å²) in [7, 11) is 3.11. The van der Waals surface area contributed by atoms with Crippen molar-refractivity contribution in [1.82, 2.24) is 15.1 Å². The summed E-state index contributed by atoms with van der Waals surface area (Å²) in [5, 5.41) is 12.5. The Hall–Kier alpha value is -4.34. The van der Waals surface area contributed by atoms with Crippen LogP contribution in [0, 0.1) is 5.82 Å². The Bertz CT molecular complexity index is 1480. The van der Waals surface area contributed by atoms with E-state index in [9.17, 15) is 23.9 Å². The lowest BCUT2D eigenvalue weighted by molar-refractivity contribution is -0.146. The fraction of sp³-hybridized carbons (Fsp3) is 0.378. The number of aliphatic hydroxyl groups is 1. The minimum absolute atomic E-state index is 0.00206. The van der Waals surface area contributed by atoms with Gasteiger partial charge in [-0.25, -0.2) is 4.39 Å². The van der Waals surface area contributed by atoms with Gasteiger partial charge in [-0.05, 0) is 68.5 Å². The van der Waals surface area contributed by atoms with Gasteiger partial charge in [-0.1, -0.05) is 72.3 Å². The molecule has 8 nitrogen and oxygen atoms in total. The highest BCUT2D eigenvalue weighted by Crippen LogP contribution is 2.22. The molecule has 0 spiro atoms. The van der Waals surface area contributed by atoms with E-state index in [2.05, 4.69) is 5.32 Å². The van der Waals surface area contributed by atoms with Gasteiger partial charge in [0, 0.05) is 45.1 Å². The maximum Gasteiger partial charge on any atom is 0.246 e. The van der Waals surface area contributed by atoms with Crippen LogP contribution in [0.3, 0.4) is 0 Å². The quantitative estimate of drug-likeness (QED) is 0.227. The van der Waals surface area contributed by atoms with E-state index in [-0.39, 0.29) is 25.3 Å². The van der Waals surface area contributed by atoms with Crippen LogP contribution in [-0.2, 0) is 27.2 Å². The number of carbonyl (C=O) groups is 3. The summed E-state index contributed by atoms with van der Waals surface area (Å²) in [6.07, 6.45) is 1.51. The van der Waals surface area contributed by atoms with Crippen LogP contribution in [0.2, 0.25) is 0 Å². The van der Waals surface area contributed by atoms with Crippen LogP contribution < -0.4 is 11.1 Å². The monoisotopic (exact) mass is 630 g/mol. The van der Waals surface area contributed by atoms with Crippen LogP contribution >= 0.6 is 0 Å². The molecule has 0 saturated carbocycles. The highest BCUT2D eigenvalue weighted by atomic mass is 19.1. The average Bonchev–Trinajstić information content (AvgIpc) is 3.01. The molecule has 3 aromatic carbocycles. The van der Waals surface area contributed by atoms with Gasteiger partial charge in [0.2, 0.25) is 17.7 Å². The normalized spacial score (nSPS) is 13.8. The lowest BCUT2D eigenvalue weighted by Gasteiger charge is -2.34. The van der Waals surface area contributed by atoms with Crippen LogP contribution in [-0.4, -0.2) is 77.0 Å². The summed E-state index contributed by atoms with van der Waals surface area (Å²) in [6, 6.07) is 21.5. The van der Waals surface area contributed by atoms with Crippen molar-refractivity contribution in [3.05, 3.63) is 107 Å². The van der Waals surface area contributed by atoms with Crippen molar-refractivity contribution in [2.75, 3.05) is 20.6 Å². The molecule has 0 bridgehead atoms. The second-order valence-corrected chi connectivity index (χ2v) is 12.8. The van der Waals surface area contributed by atoms with Crippen molar-refractivity contribution in [3.63, 3.8) is 0 Å². The van der Waals surface area contributed by atoms with Crippen molar-refractivity contribution in [1.29, 1.82) is 0 Å². The standard InChI is InChI=1S/C37H47FN4O4/c1-25(23-37(3,4)39)20-34(44)41(5)33(22-27-12-16-30(17-13-27)29-10-8-7-9-11-29)36(46)42(6)32(35(45)40-24-26(2)43)21-28-14-18-31(38)19-15-28/h7-20,26,32-33,43H,21-24,39H2,1-6H3,(H,40,45)/b25-20+/t26-,32-,33-/m1/s1. The molecule has 0 unspecified atom stereocenters. The summed E-state index contributed by atoms with van der Waals surface area (Å²) < 4.78 is 13.6. The molecule has 0 aromatic heterocycles. The summed E-state index contributed by atoms with van der Waals surface area (Å²) in [5.74, 6) is -1.68. The SMILES string of the molecule is C/C(=C\C(=O)N(C)[C@H](Cc1ccc(-c2ccccc2)cc1)C(=O)N(C)[C@H](Cc1ccc(F)cc1)C(=O)NC[C@@H](C)O)CC(C)(C)N. The van der Waals surface area contributed by atoms with Crippen molar-refractivity contribution in [2.45, 2.75) is 70.7 Å². The van der Waals surface area contributed by atoms with Crippen LogP contribution in [0.1, 0.15) is 45.2 Å². The van der Waals surface area contributed by atoms with Gasteiger partial charge in [-0.15, -0.1) is 0 Å². The molecule has 3 amide bonds. The molecule has 3 rings (SSSR count). The number of aliphatic hydroxyl groups excluding tert-OH is 1. The van der Waals surface area contributed by atoms with Gasteiger partial charge in [-0.3, -0.25) is 14.4 Å². The Kier molecular flexibility index (Phi) is 12.8. The highest BCUT2D eigenvalue weighted by Gasteiger charge is 2.35. The summed E-state index contributed by atoms with van der Waals surface area (Å²) in [5.41, 5.74) is 10.0. The number of halogens is 1. The number of likely N-dealkylation sites (N-methyl/N-ethyl adjacent to an activating group) is 2. The first kappa shape index (κ1) is 36.1. The molecule has 0 fully saturated rings. The second-order valence-electron chi connectivity index (χ2n) is 12.8. The Morgan fingerprint density at radius 2 is 1.39 bits per heavy atom. The zero-order valence-corrected chi connectivity index (χ0v) is 27.7. The Labute approximate surface area is 272 Å². The van der Waals surface area contributed by atoms with Gasteiger partial charge in [-0.2, -0.15) is 0 Å². The lowest BCUT2D eigenvalue weighted by atomic mass is 9.96. The largest absolute Gasteiger partial charge is 0.392 e. The van der Waals surface area contributed by atoms with E-state index in [1.165, 1.54) is 35.1 Å². The first-order valence-electron chi connectivity index (χ1n) is 15.5. The maximum atomic E-state index is 14.3. The van der Waals surface area contributed by atoms with E-state index >= 15 is 0 Å². The van der Waals surface area contributed by atoms with Crippen LogP contribution in [0.4, 0.5) is 4.39 Å². The minimum atomic E-state index is -0.988. The average molecular weight is 631 g/mol. The van der Waals surface area contributed by atoms with Gasteiger partial charge in [0.25, 0.3) is 0 Å². The highest BCUT2D eigenvalue weighted by molar-refractivity contribution is 5.95. The molecule has 3 aromatic rings. The number of hydrogen-bond donors (Lipinski definition) is 3. The van der Waals surface area contributed by atoms with E-state index in [0.717, 1.165) is 22.3 Å². The van der Waals surface area contributed by atoms with E-state index in [1.807, 2.05) is 75.4 Å². The summed E-state index contributed by atoms with van der Waals surface area (Å²) in [4.78, 5) is 44.0. The van der Waals surface area contributed by atoms with Crippen LogP contribution in [0.5, 0.6) is 0 Å². The smallest absolute Gasteiger partial charge is 0.246 e. The lowest BCUT2D eigenvalue weighted by Crippen LogP contribution is -2.56. The number of nitrogens with one attached hydrogen (secondary N) is 1. The predicted octanol–water partition coefficient (Wildman–Crippen LogP) is 4.50. The molecule has 9 heteroatoms. The van der Waals surface area contributed by atoms with Crippen molar-refractivity contribution in [2.24, 2.45) is 5.73 Å². The van der Waals surface area contributed by atoms with Crippen molar-refractivity contribution in [3.8, 4) is 11.1 Å². The molecule has 0 radical (unpaired) electrons. The molecule has 0 saturated heterocycles. The number of amides is 3. The third-order valence-electron chi connectivity index (χ3n) is 7.73. The number of carbonyl (C=O) groups excluding carboxylic acids is 3. The Morgan fingerprint density at radius 3 is 1.93 bits per heavy atom. The summed E-state index contributed by atoms with van der Waals surface area (Å²) in [6.45, 7) is 7.13. The minimum Gasteiger partial charge on any atom is -0.392 e. The maximum absolute atomic E-state index is 14.3. The number of rotatable bonds is 14. The third-order valence-corrected chi connectivity index (χ3v) is 7.73. The number of nitrogens with zero attached hydrogens (tertiary/aromatic N) is 2. The molecule has 46 heavy (non-hydrogen) atoms. The fourth-order valence-electron chi connectivity index (χ4n) is 5.32. The van der Waals surface area contributed by atoms with Crippen molar-refractivity contribution < 1.29 is 23.9 Å². The second kappa shape index (κ2) is 16.3. The van der Waals surface area contributed by atoms with Gasteiger partial charge in [0.15, 0.2) is 0 Å². The third kappa shape index (κ3) is 10.9. The van der Waals surface area contributed by atoms with Gasteiger partial charge < -0.3 is 26.0 Å². The molecule has 3 atom stereocenters. The van der Waals surface area contributed by atoms with Crippen molar-refractivity contribution >= 4 is 17.7 Å². The molecule has 4 N–H and O–H groups in total. The molecule has 246 valence electrons. The van der Waals surface area contributed by atoms with E-state index < -0.39 is 41.4 Å². The summed E-state index contributed by atoms with van der Waals surface area (Å²) >= 11 is 0. The molecule has 0 aliphatic rings. The molecular weight excluding hydrogens is 583 g/mol. The predicted molar refractivity (Wildman–Crippen MR) is 180 cm³/mol. The van der Waals surface area contributed by atoms with E-state index in [1.54, 1.807) is 26.1 Å². The van der Waals surface area contributed by atoms with Gasteiger partial charge in [0.1, 0.15) is 17.9 Å². The van der Waals surface area contributed by atoms with Crippen LogP contribution in [0.15, 0.2) is 90.5 Å². The van der Waals surface area contributed by atoms with Crippen LogP contribution in [0.25, 0.3) is 11.1 Å². The molecule has 0 aliphatic carbocycles. The molecular formula is C37H47FN4O4. The Morgan fingerprint density at radius 1 is 0.870 bits per heavy atom. The Balaban J connectivity index is 1.96. The fourth-order valence-corrected chi connectivity index (χ4v) is 5.32.